The van der Waals surface area contributed by atoms with Gasteiger partial charge in [-0.15, -0.1) is 0 Å². The van der Waals surface area contributed by atoms with Crippen molar-refractivity contribution in [1.29, 1.82) is 0 Å². The van der Waals surface area contributed by atoms with Gasteiger partial charge < -0.3 is 10.1 Å². The number of methoxy groups -OCH3 is 1. The van der Waals surface area contributed by atoms with E-state index in [-0.39, 0.29) is 22.8 Å². The number of hydrogen-bond donors (Lipinski definition) is 1. The van der Waals surface area contributed by atoms with Crippen molar-refractivity contribution >= 4 is 21.6 Å². The Morgan fingerprint density at radius 1 is 0.943 bits per heavy atom. The molecular weight excluding hydrogens is 460 g/mol. The van der Waals surface area contributed by atoms with Crippen molar-refractivity contribution < 1.29 is 17.9 Å². The fourth-order valence-corrected chi connectivity index (χ4v) is 5.21. The lowest BCUT2D eigenvalue weighted by atomic mass is 9.93. The van der Waals surface area contributed by atoms with Crippen LogP contribution < -0.4 is 14.4 Å². The van der Waals surface area contributed by atoms with Gasteiger partial charge in [-0.1, -0.05) is 37.6 Å². The monoisotopic (exact) mass is 494 g/mol. The lowest BCUT2D eigenvalue weighted by Crippen LogP contribution is -2.29. The molecule has 0 saturated carbocycles. The average molecular weight is 495 g/mol. The average Bonchev–Trinajstić information content (AvgIpc) is 2.83. The molecule has 0 saturated heterocycles. The van der Waals surface area contributed by atoms with Crippen molar-refractivity contribution in [3.05, 3.63) is 88.5 Å². The normalized spacial score (nSPS) is 12.3. The number of aryl methyl sites for hydroxylation is 2. The van der Waals surface area contributed by atoms with Crippen molar-refractivity contribution in [1.82, 2.24) is 5.32 Å². The van der Waals surface area contributed by atoms with Crippen LogP contribution in [0.3, 0.4) is 0 Å². The van der Waals surface area contributed by atoms with E-state index in [0.29, 0.717) is 11.3 Å². The SMILES string of the molecule is COc1cc(C)c(C(C)NC(=O)c2cccc(N(C)S(=O)(=O)c3ccc(C)cc3)c2)cc1C(C)C. The molecule has 3 rings (SSSR count). The van der Waals surface area contributed by atoms with Crippen molar-refractivity contribution in [3.63, 3.8) is 0 Å². The zero-order chi connectivity index (χ0) is 25.9. The zero-order valence-corrected chi connectivity index (χ0v) is 22.2. The first-order valence-corrected chi connectivity index (χ1v) is 13.0. The number of carbonyl (C=O) groups is 1. The largest absolute Gasteiger partial charge is 0.496 e. The van der Waals surface area contributed by atoms with E-state index in [4.69, 9.17) is 4.74 Å². The number of ether oxygens (including phenoxy) is 1. The predicted octanol–water partition coefficient (Wildman–Crippen LogP) is 5.75. The van der Waals surface area contributed by atoms with Crippen LogP contribution in [-0.4, -0.2) is 28.5 Å². The molecule has 1 amide bonds. The van der Waals surface area contributed by atoms with Crippen LogP contribution in [0, 0.1) is 13.8 Å². The van der Waals surface area contributed by atoms with Gasteiger partial charge in [0.25, 0.3) is 15.9 Å². The van der Waals surface area contributed by atoms with Gasteiger partial charge in [0.2, 0.25) is 0 Å². The molecule has 7 heteroatoms. The fourth-order valence-electron chi connectivity index (χ4n) is 4.02. The third kappa shape index (κ3) is 5.68. The number of rotatable bonds is 8. The highest BCUT2D eigenvalue weighted by atomic mass is 32.2. The molecule has 0 bridgehead atoms. The Morgan fingerprint density at radius 2 is 1.60 bits per heavy atom. The Morgan fingerprint density at radius 3 is 2.20 bits per heavy atom. The molecule has 0 aliphatic heterocycles. The third-order valence-electron chi connectivity index (χ3n) is 6.21. The number of hydrogen-bond acceptors (Lipinski definition) is 4. The van der Waals surface area contributed by atoms with Gasteiger partial charge in [0.15, 0.2) is 0 Å². The van der Waals surface area contributed by atoms with Crippen molar-refractivity contribution in [2.24, 2.45) is 0 Å². The molecule has 0 heterocycles. The molecule has 0 aromatic heterocycles. The summed E-state index contributed by atoms with van der Waals surface area (Å²) in [5.41, 5.74) is 4.89. The molecule has 0 spiro atoms. The summed E-state index contributed by atoms with van der Waals surface area (Å²) in [6.45, 7) is 10.0. The molecule has 0 radical (unpaired) electrons. The summed E-state index contributed by atoms with van der Waals surface area (Å²) in [6, 6.07) is 17.2. The molecule has 3 aromatic rings. The highest BCUT2D eigenvalue weighted by Crippen LogP contribution is 2.32. The zero-order valence-electron chi connectivity index (χ0n) is 21.4. The topological polar surface area (TPSA) is 75.7 Å². The number of nitrogens with zero attached hydrogens (tertiary/aromatic N) is 1. The Hall–Kier alpha value is -3.32. The van der Waals surface area contributed by atoms with Crippen LogP contribution >= 0.6 is 0 Å². The number of sulfonamides is 1. The quantitative estimate of drug-likeness (QED) is 0.433. The summed E-state index contributed by atoms with van der Waals surface area (Å²) in [7, 11) is -0.602. The Balaban J connectivity index is 1.84. The minimum atomic E-state index is -3.75. The maximum absolute atomic E-state index is 13.1. The minimum Gasteiger partial charge on any atom is -0.496 e. The third-order valence-corrected chi connectivity index (χ3v) is 8.01. The van der Waals surface area contributed by atoms with Crippen LogP contribution in [0.1, 0.15) is 65.3 Å². The lowest BCUT2D eigenvalue weighted by Gasteiger charge is -2.22. The highest BCUT2D eigenvalue weighted by molar-refractivity contribution is 7.92. The summed E-state index contributed by atoms with van der Waals surface area (Å²) in [6.07, 6.45) is 0. The van der Waals surface area contributed by atoms with Crippen LogP contribution in [0.5, 0.6) is 5.75 Å². The van der Waals surface area contributed by atoms with E-state index >= 15 is 0 Å². The number of amides is 1. The van der Waals surface area contributed by atoms with Crippen LogP contribution in [0.2, 0.25) is 0 Å². The summed E-state index contributed by atoms with van der Waals surface area (Å²) in [5, 5.41) is 3.05. The second-order valence-corrected chi connectivity index (χ2v) is 11.1. The van der Waals surface area contributed by atoms with E-state index in [1.165, 1.54) is 11.4 Å². The fraction of sp³-hybridized carbons (Fsp3) is 0.321. The molecule has 35 heavy (non-hydrogen) atoms. The van der Waals surface area contributed by atoms with Gasteiger partial charge in [0.1, 0.15) is 5.75 Å². The molecule has 0 aliphatic rings. The van der Waals surface area contributed by atoms with Gasteiger partial charge in [-0.2, -0.15) is 0 Å². The number of nitrogens with one attached hydrogen (secondary N) is 1. The minimum absolute atomic E-state index is 0.199. The van der Waals surface area contributed by atoms with Gasteiger partial charge in [0.05, 0.1) is 23.7 Å². The first-order valence-electron chi connectivity index (χ1n) is 11.6. The summed E-state index contributed by atoms with van der Waals surface area (Å²) in [5.74, 6) is 0.835. The molecule has 1 N–H and O–H groups in total. The molecule has 6 nitrogen and oxygen atoms in total. The van der Waals surface area contributed by atoms with E-state index in [1.54, 1.807) is 55.6 Å². The molecule has 0 fully saturated rings. The van der Waals surface area contributed by atoms with E-state index in [1.807, 2.05) is 26.8 Å². The van der Waals surface area contributed by atoms with E-state index in [9.17, 15) is 13.2 Å². The Bertz CT molecular complexity index is 1320. The van der Waals surface area contributed by atoms with Crippen LogP contribution in [0.15, 0.2) is 65.6 Å². The molecule has 1 unspecified atom stereocenters. The van der Waals surface area contributed by atoms with Crippen molar-refractivity contribution in [3.8, 4) is 5.75 Å². The van der Waals surface area contributed by atoms with Crippen molar-refractivity contribution in [2.45, 2.75) is 51.5 Å². The maximum Gasteiger partial charge on any atom is 0.264 e. The van der Waals surface area contributed by atoms with Crippen molar-refractivity contribution in [2.75, 3.05) is 18.5 Å². The second kappa shape index (κ2) is 10.5. The summed E-state index contributed by atoms with van der Waals surface area (Å²) < 4.78 is 32.9. The van der Waals surface area contributed by atoms with E-state index in [2.05, 4.69) is 25.2 Å². The Kier molecular flexibility index (Phi) is 7.90. The summed E-state index contributed by atoms with van der Waals surface area (Å²) >= 11 is 0. The molecule has 186 valence electrons. The van der Waals surface area contributed by atoms with Crippen LogP contribution in [-0.2, 0) is 10.0 Å². The first kappa shape index (κ1) is 26.3. The maximum atomic E-state index is 13.1. The van der Waals surface area contributed by atoms with Gasteiger partial charge >= 0.3 is 0 Å². The highest BCUT2D eigenvalue weighted by Gasteiger charge is 2.23. The van der Waals surface area contributed by atoms with Crippen LogP contribution in [0.25, 0.3) is 0 Å². The smallest absolute Gasteiger partial charge is 0.264 e. The van der Waals surface area contributed by atoms with Gasteiger partial charge in [0, 0.05) is 12.6 Å². The van der Waals surface area contributed by atoms with Gasteiger partial charge in [-0.25, -0.2) is 8.42 Å². The second-order valence-electron chi connectivity index (χ2n) is 9.14. The van der Waals surface area contributed by atoms with Gasteiger partial charge in [-0.05, 0) is 85.8 Å². The molecule has 0 aliphatic carbocycles. The lowest BCUT2D eigenvalue weighted by molar-refractivity contribution is 0.0940. The Labute approximate surface area is 209 Å². The molecule has 1 atom stereocenters. The number of benzene rings is 3. The molecule has 3 aromatic carbocycles. The number of anilines is 1. The number of carbonyl (C=O) groups excluding carboxylic acids is 1. The van der Waals surface area contributed by atoms with E-state index < -0.39 is 10.0 Å². The predicted molar refractivity (Wildman–Crippen MR) is 141 cm³/mol. The van der Waals surface area contributed by atoms with E-state index in [0.717, 1.165) is 28.0 Å². The van der Waals surface area contributed by atoms with Gasteiger partial charge in [-0.3, -0.25) is 9.10 Å². The first-order chi connectivity index (χ1) is 16.4. The molecular formula is C28H34N2O4S. The standard InChI is InChI=1S/C28H34N2O4S/c1-18(2)25-17-26(20(4)15-27(25)34-7)21(5)29-28(31)22-9-8-10-23(16-22)30(6)35(32,33)24-13-11-19(3)12-14-24/h8-18,21H,1-7H3,(H,29,31). The summed E-state index contributed by atoms with van der Waals surface area (Å²) in [4.78, 5) is 13.3. The van der Waals surface area contributed by atoms with Crippen LogP contribution in [0.4, 0.5) is 5.69 Å².